The van der Waals surface area contributed by atoms with E-state index in [0.717, 1.165) is 12.8 Å². The van der Waals surface area contributed by atoms with Crippen molar-refractivity contribution in [3.63, 3.8) is 0 Å². The van der Waals surface area contributed by atoms with Crippen LogP contribution < -0.4 is 15.4 Å². The second-order valence-electron chi connectivity index (χ2n) is 5.45. The summed E-state index contributed by atoms with van der Waals surface area (Å²) >= 11 is 11.9. The number of nitrogens with two attached hydrogens (primary N) is 1. The normalized spacial score (nSPS) is 15.7. The standard InChI is InChI=1S/C16H16Cl2FN3O/c17-10-7-14(19)16(21-9-10)22-5-3-12(4-6-22)23-15-2-1-11(20)8-13(15)18/h1-2,7-9,12H,3-6,20H2. The van der Waals surface area contributed by atoms with Crippen LogP contribution in [0.15, 0.2) is 30.5 Å². The molecule has 7 heteroatoms. The van der Waals surface area contributed by atoms with Gasteiger partial charge in [0.15, 0.2) is 11.6 Å². The van der Waals surface area contributed by atoms with Gasteiger partial charge in [0.25, 0.3) is 0 Å². The molecule has 1 aliphatic heterocycles. The average Bonchev–Trinajstić information content (AvgIpc) is 2.51. The number of nitrogen functional groups attached to an aromatic ring is 1. The molecule has 0 spiro atoms. The summed E-state index contributed by atoms with van der Waals surface area (Å²) < 4.78 is 19.8. The fraction of sp³-hybridized carbons (Fsp3) is 0.312. The summed E-state index contributed by atoms with van der Waals surface area (Å²) in [6.45, 7) is 1.31. The van der Waals surface area contributed by atoms with Crippen LogP contribution in [0.1, 0.15) is 12.8 Å². The van der Waals surface area contributed by atoms with Crippen molar-refractivity contribution in [2.45, 2.75) is 18.9 Å². The van der Waals surface area contributed by atoms with Gasteiger partial charge in [-0.25, -0.2) is 9.37 Å². The number of ether oxygens (including phenoxy) is 1. The van der Waals surface area contributed by atoms with Crippen molar-refractivity contribution in [2.75, 3.05) is 23.7 Å². The van der Waals surface area contributed by atoms with Crippen molar-refractivity contribution in [3.8, 4) is 5.75 Å². The lowest BCUT2D eigenvalue weighted by Crippen LogP contribution is -2.39. The van der Waals surface area contributed by atoms with Gasteiger partial charge in [0.05, 0.1) is 10.0 Å². The molecule has 0 radical (unpaired) electrons. The maximum Gasteiger partial charge on any atom is 0.167 e. The molecule has 1 fully saturated rings. The molecule has 0 aliphatic carbocycles. The largest absolute Gasteiger partial charge is 0.489 e. The number of aromatic nitrogens is 1. The zero-order valence-corrected chi connectivity index (χ0v) is 13.8. The number of pyridine rings is 1. The number of anilines is 2. The SMILES string of the molecule is Nc1ccc(OC2CCN(c3ncc(Cl)cc3F)CC2)c(Cl)c1. The molecule has 122 valence electrons. The van der Waals surface area contributed by atoms with Crippen LogP contribution in [0.25, 0.3) is 0 Å². The fourth-order valence-corrected chi connectivity index (χ4v) is 3.00. The topological polar surface area (TPSA) is 51.4 Å². The Hall–Kier alpha value is -1.72. The van der Waals surface area contributed by atoms with Crippen LogP contribution in [0.5, 0.6) is 5.75 Å². The zero-order chi connectivity index (χ0) is 16.4. The molecule has 4 nitrogen and oxygen atoms in total. The van der Waals surface area contributed by atoms with Gasteiger partial charge in [-0.3, -0.25) is 0 Å². The van der Waals surface area contributed by atoms with Crippen LogP contribution in [0, 0.1) is 5.82 Å². The van der Waals surface area contributed by atoms with Gasteiger partial charge in [-0.15, -0.1) is 0 Å². The van der Waals surface area contributed by atoms with E-state index in [0.29, 0.717) is 40.4 Å². The van der Waals surface area contributed by atoms with Gasteiger partial charge >= 0.3 is 0 Å². The van der Waals surface area contributed by atoms with Crippen LogP contribution in [0.3, 0.4) is 0 Å². The monoisotopic (exact) mass is 355 g/mol. The van der Waals surface area contributed by atoms with Crippen molar-refractivity contribution in [3.05, 3.63) is 46.3 Å². The molecule has 1 aromatic heterocycles. The van der Waals surface area contributed by atoms with Crippen molar-refractivity contribution in [2.24, 2.45) is 0 Å². The number of benzene rings is 1. The molecule has 23 heavy (non-hydrogen) atoms. The van der Waals surface area contributed by atoms with Crippen molar-refractivity contribution >= 4 is 34.7 Å². The molecular weight excluding hydrogens is 340 g/mol. The van der Waals surface area contributed by atoms with E-state index in [4.69, 9.17) is 33.7 Å². The fourth-order valence-electron chi connectivity index (χ4n) is 2.62. The maximum atomic E-state index is 13.9. The summed E-state index contributed by atoms with van der Waals surface area (Å²) in [5, 5.41) is 0.792. The number of hydrogen-bond acceptors (Lipinski definition) is 4. The summed E-state index contributed by atoms with van der Waals surface area (Å²) in [7, 11) is 0. The molecule has 2 aromatic rings. The Labute approximate surface area is 144 Å². The first-order valence-corrected chi connectivity index (χ1v) is 8.06. The van der Waals surface area contributed by atoms with Gasteiger partial charge in [0.1, 0.15) is 11.9 Å². The van der Waals surface area contributed by atoms with Gasteiger partial charge in [-0.2, -0.15) is 0 Å². The molecule has 0 saturated carbocycles. The van der Waals surface area contributed by atoms with E-state index in [2.05, 4.69) is 4.98 Å². The summed E-state index contributed by atoms with van der Waals surface area (Å²) in [6, 6.07) is 6.47. The molecule has 2 N–H and O–H groups in total. The zero-order valence-electron chi connectivity index (χ0n) is 12.3. The first kappa shape index (κ1) is 16.1. The molecule has 2 heterocycles. The molecule has 1 aromatic carbocycles. The number of halogens is 3. The van der Waals surface area contributed by atoms with Crippen LogP contribution in [0.2, 0.25) is 10.0 Å². The van der Waals surface area contributed by atoms with Gasteiger partial charge in [0.2, 0.25) is 0 Å². The second kappa shape index (κ2) is 6.81. The summed E-state index contributed by atoms with van der Waals surface area (Å²) in [5.41, 5.74) is 6.27. The third kappa shape index (κ3) is 3.79. The molecule has 0 amide bonds. The Kier molecular flexibility index (Phi) is 4.78. The van der Waals surface area contributed by atoms with Crippen LogP contribution >= 0.6 is 23.2 Å². The molecule has 3 rings (SSSR count). The van der Waals surface area contributed by atoms with Crippen LogP contribution in [-0.2, 0) is 0 Å². The van der Waals surface area contributed by atoms with E-state index < -0.39 is 5.82 Å². The van der Waals surface area contributed by atoms with Crippen molar-refractivity contribution in [1.29, 1.82) is 0 Å². The van der Waals surface area contributed by atoms with Gasteiger partial charge in [0, 0.05) is 37.8 Å². The Bertz CT molecular complexity index is 706. The van der Waals surface area contributed by atoms with E-state index >= 15 is 0 Å². The molecule has 1 aliphatic rings. The van der Waals surface area contributed by atoms with Crippen molar-refractivity contribution < 1.29 is 9.13 Å². The third-order valence-electron chi connectivity index (χ3n) is 3.78. The van der Waals surface area contributed by atoms with E-state index in [-0.39, 0.29) is 6.10 Å². The predicted octanol–water partition coefficient (Wildman–Crippen LogP) is 4.16. The minimum absolute atomic E-state index is 0.0303. The highest BCUT2D eigenvalue weighted by atomic mass is 35.5. The molecule has 0 unspecified atom stereocenters. The molecular formula is C16H16Cl2FN3O. The maximum absolute atomic E-state index is 13.9. The third-order valence-corrected chi connectivity index (χ3v) is 4.28. The lowest BCUT2D eigenvalue weighted by atomic mass is 10.1. The second-order valence-corrected chi connectivity index (χ2v) is 6.30. The summed E-state index contributed by atoms with van der Waals surface area (Å²) in [4.78, 5) is 5.98. The first-order valence-electron chi connectivity index (χ1n) is 7.30. The Balaban J connectivity index is 1.62. The van der Waals surface area contributed by atoms with E-state index in [9.17, 15) is 4.39 Å². The quantitative estimate of drug-likeness (QED) is 0.840. The highest BCUT2D eigenvalue weighted by molar-refractivity contribution is 6.32. The summed E-state index contributed by atoms with van der Waals surface area (Å²) in [5.74, 6) is 0.548. The molecule has 1 saturated heterocycles. The predicted molar refractivity (Wildman–Crippen MR) is 90.9 cm³/mol. The van der Waals surface area contributed by atoms with Gasteiger partial charge in [-0.1, -0.05) is 23.2 Å². The van der Waals surface area contributed by atoms with Gasteiger partial charge in [-0.05, 0) is 24.3 Å². The lowest BCUT2D eigenvalue weighted by molar-refractivity contribution is 0.170. The number of rotatable bonds is 3. The summed E-state index contributed by atoms with van der Waals surface area (Å²) in [6.07, 6.45) is 2.99. The van der Waals surface area contributed by atoms with Crippen LogP contribution in [0.4, 0.5) is 15.9 Å². The highest BCUT2D eigenvalue weighted by Crippen LogP contribution is 2.30. The van der Waals surface area contributed by atoms with Crippen LogP contribution in [-0.4, -0.2) is 24.2 Å². The minimum atomic E-state index is -0.404. The number of hydrogen-bond donors (Lipinski definition) is 1. The van der Waals surface area contributed by atoms with E-state index in [1.54, 1.807) is 18.2 Å². The number of nitrogens with zero attached hydrogens (tertiary/aromatic N) is 2. The Morgan fingerprint density at radius 3 is 2.61 bits per heavy atom. The smallest absolute Gasteiger partial charge is 0.167 e. The lowest BCUT2D eigenvalue weighted by Gasteiger charge is -2.33. The molecule has 0 atom stereocenters. The molecule has 0 bridgehead atoms. The Morgan fingerprint density at radius 2 is 1.96 bits per heavy atom. The van der Waals surface area contributed by atoms with E-state index in [1.165, 1.54) is 12.3 Å². The number of piperidine rings is 1. The minimum Gasteiger partial charge on any atom is -0.489 e. The average molecular weight is 356 g/mol. The highest BCUT2D eigenvalue weighted by Gasteiger charge is 2.24. The first-order chi connectivity index (χ1) is 11.0. The van der Waals surface area contributed by atoms with Gasteiger partial charge < -0.3 is 15.4 Å². The van der Waals surface area contributed by atoms with Crippen molar-refractivity contribution in [1.82, 2.24) is 4.98 Å². The Morgan fingerprint density at radius 1 is 1.22 bits per heavy atom. The van der Waals surface area contributed by atoms with E-state index in [1.807, 2.05) is 4.90 Å².